The second-order valence-electron chi connectivity index (χ2n) is 6.32. The molecule has 0 aromatic carbocycles. The molecule has 3 unspecified atom stereocenters. The van der Waals surface area contributed by atoms with Gasteiger partial charge in [0, 0.05) is 25.6 Å². The number of likely N-dealkylation sites (tertiary alicyclic amines) is 1. The Labute approximate surface area is 120 Å². The average molecular weight is 282 g/mol. The maximum absolute atomic E-state index is 12.3. The van der Waals surface area contributed by atoms with Gasteiger partial charge in [0.05, 0.1) is 0 Å². The molecule has 0 spiro atoms. The SMILES string of the molecule is CC(CCC(=O)O)CNC(=O)N1CCCC2CCCC21. The third-order valence-electron chi connectivity index (χ3n) is 4.71. The Morgan fingerprint density at radius 1 is 1.30 bits per heavy atom. The fourth-order valence-electron chi connectivity index (χ4n) is 3.54. The van der Waals surface area contributed by atoms with Gasteiger partial charge in [0.25, 0.3) is 0 Å². The van der Waals surface area contributed by atoms with Crippen molar-refractivity contribution in [3.63, 3.8) is 0 Å². The Morgan fingerprint density at radius 3 is 2.80 bits per heavy atom. The fourth-order valence-corrected chi connectivity index (χ4v) is 3.54. The molecule has 2 amide bonds. The van der Waals surface area contributed by atoms with E-state index in [2.05, 4.69) is 5.32 Å². The normalized spacial score (nSPS) is 26.9. The highest BCUT2D eigenvalue weighted by atomic mass is 16.4. The summed E-state index contributed by atoms with van der Waals surface area (Å²) in [6, 6.07) is 0.488. The van der Waals surface area contributed by atoms with Crippen LogP contribution in [0, 0.1) is 11.8 Å². The Hall–Kier alpha value is -1.26. The van der Waals surface area contributed by atoms with Crippen LogP contribution in [0.25, 0.3) is 0 Å². The number of hydrogen-bond acceptors (Lipinski definition) is 2. The summed E-state index contributed by atoms with van der Waals surface area (Å²) in [6.45, 7) is 3.42. The van der Waals surface area contributed by atoms with Crippen molar-refractivity contribution in [2.45, 2.75) is 57.9 Å². The van der Waals surface area contributed by atoms with Gasteiger partial charge in [0.1, 0.15) is 0 Å². The number of piperidine rings is 1. The van der Waals surface area contributed by atoms with E-state index in [-0.39, 0.29) is 18.4 Å². The molecule has 2 aliphatic rings. The lowest BCUT2D eigenvalue weighted by Gasteiger charge is -2.37. The molecule has 2 fully saturated rings. The lowest BCUT2D eigenvalue weighted by Crippen LogP contribution is -2.51. The van der Waals surface area contributed by atoms with Gasteiger partial charge in [-0.2, -0.15) is 0 Å². The molecule has 1 saturated carbocycles. The van der Waals surface area contributed by atoms with Crippen LogP contribution in [0.3, 0.4) is 0 Å². The third-order valence-corrected chi connectivity index (χ3v) is 4.71. The van der Waals surface area contributed by atoms with Gasteiger partial charge in [-0.05, 0) is 43.9 Å². The molecule has 1 aliphatic heterocycles. The monoisotopic (exact) mass is 282 g/mol. The summed E-state index contributed by atoms with van der Waals surface area (Å²) in [5.41, 5.74) is 0. The molecular weight excluding hydrogens is 256 g/mol. The molecule has 0 bridgehead atoms. The number of carboxylic acid groups (broad SMARTS) is 1. The minimum atomic E-state index is -0.770. The maximum atomic E-state index is 12.3. The van der Waals surface area contributed by atoms with Gasteiger partial charge < -0.3 is 15.3 Å². The number of carboxylic acids is 1. The minimum Gasteiger partial charge on any atom is -0.481 e. The smallest absolute Gasteiger partial charge is 0.317 e. The molecule has 5 heteroatoms. The van der Waals surface area contributed by atoms with Gasteiger partial charge in [-0.25, -0.2) is 4.79 Å². The molecule has 1 aliphatic carbocycles. The summed E-state index contributed by atoms with van der Waals surface area (Å²) in [6.07, 6.45) is 6.82. The van der Waals surface area contributed by atoms with Crippen molar-refractivity contribution in [3.05, 3.63) is 0 Å². The third kappa shape index (κ3) is 3.87. The molecule has 2 N–H and O–H groups in total. The molecule has 20 heavy (non-hydrogen) atoms. The highest BCUT2D eigenvalue weighted by Crippen LogP contribution is 2.36. The first-order valence-corrected chi connectivity index (χ1v) is 7.84. The number of hydrogen-bond donors (Lipinski definition) is 2. The lowest BCUT2D eigenvalue weighted by molar-refractivity contribution is -0.137. The first-order chi connectivity index (χ1) is 9.58. The van der Waals surface area contributed by atoms with Crippen molar-refractivity contribution in [1.29, 1.82) is 0 Å². The summed E-state index contributed by atoms with van der Waals surface area (Å²) in [4.78, 5) is 24.8. The molecule has 1 heterocycles. The Kier molecular flexibility index (Phi) is 5.26. The van der Waals surface area contributed by atoms with Gasteiger partial charge in [-0.15, -0.1) is 0 Å². The van der Waals surface area contributed by atoms with Crippen molar-refractivity contribution < 1.29 is 14.7 Å². The molecular formula is C15H26N2O3. The first kappa shape index (κ1) is 15.1. The van der Waals surface area contributed by atoms with Crippen LogP contribution < -0.4 is 5.32 Å². The van der Waals surface area contributed by atoms with Gasteiger partial charge >= 0.3 is 12.0 Å². The van der Waals surface area contributed by atoms with E-state index in [9.17, 15) is 9.59 Å². The molecule has 2 rings (SSSR count). The van der Waals surface area contributed by atoms with Crippen LogP contribution in [0.5, 0.6) is 0 Å². The zero-order valence-electron chi connectivity index (χ0n) is 12.3. The van der Waals surface area contributed by atoms with Crippen LogP contribution in [0.2, 0.25) is 0 Å². The number of nitrogens with zero attached hydrogens (tertiary/aromatic N) is 1. The molecule has 114 valence electrons. The Balaban J connectivity index is 1.75. The molecule has 1 saturated heterocycles. The quantitative estimate of drug-likeness (QED) is 0.813. The molecule has 0 aromatic rings. The van der Waals surface area contributed by atoms with Gasteiger partial charge in [-0.3, -0.25) is 4.79 Å². The molecule has 0 radical (unpaired) electrons. The average Bonchev–Trinajstić information content (AvgIpc) is 2.90. The largest absolute Gasteiger partial charge is 0.481 e. The van der Waals surface area contributed by atoms with Crippen molar-refractivity contribution in [3.8, 4) is 0 Å². The van der Waals surface area contributed by atoms with Crippen molar-refractivity contribution in [2.75, 3.05) is 13.1 Å². The van der Waals surface area contributed by atoms with Gasteiger partial charge in [0.2, 0.25) is 0 Å². The summed E-state index contributed by atoms with van der Waals surface area (Å²) < 4.78 is 0. The zero-order chi connectivity index (χ0) is 14.5. The second kappa shape index (κ2) is 6.95. The van der Waals surface area contributed by atoms with Gasteiger partial charge in [0.15, 0.2) is 0 Å². The summed E-state index contributed by atoms with van der Waals surface area (Å²) in [5, 5.41) is 11.6. The highest BCUT2D eigenvalue weighted by Gasteiger charge is 2.37. The van der Waals surface area contributed by atoms with E-state index >= 15 is 0 Å². The topological polar surface area (TPSA) is 69.6 Å². The number of aliphatic carboxylic acids is 1. The van der Waals surface area contributed by atoms with E-state index in [1.165, 1.54) is 19.3 Å². The number of rotatable bonds is 5. The van der Waals surface area contributed by atoms with E-state index in [4.69, 9.17) is 5.11 Å². The predicted octanol–water partition coefficient (Wildman–Crippen LogP) is 2.46. The molecule has 5 nitrogen and oxygen atoms in total. The van der Waals surface area contributed by atoms with Crippen LogP contribution in [0.1, 0.15) is 51.9 Å². The van der Waals surface area contributed by atoms with E-state index in [1.807, 2.05) is 11.8 Å². The Morgan fingerprint density at radius 2 is 2.05 bits per heavy atom. The van der Waals surface area contributed by atoms with Gasteiger partial charge in [-0.1, -0.05) is 13.3 Å². The fraction of sp³-hybridized carbons (Fsp3) is 0.867. The number of carbonyl (C=O) groups excluding carboxylic acids is 1. The van der Waals surface area contributed by atoms with Crippen molar-refractivity contribution in [1.82, 2.24) is 10.2 Å². The van der Waals surface area contributed by atoms with Crippen LogP contribution in [-0.4, -0.2) is 41.1 Å². The number of fused-ring (bicyclic) bond motifs is 1. The van der Waals surface area contributed by atoms with Crippen molar-refractivity contribution in [2.24, 2.45) is 11.8 Å². The molecule has 3 atom stereocenters. The lowest BCUT2D eigenvalue weighted by atomic mass is 9.92. The van der Waals surface area contributed by atoms with Crippen LogP contribution in [0.4, 0.5) is 4.79 Å². The van der Waals surface area contributed by atoms with Crippen LogP contribution in [0.15, 0.2) is 0 Å². The highest BCUT2D eigenvalue weighted by molar-refractivity contribution is 5.74. The second-order valence-corrected chi connectivity index (χ2v) is 6.32. The number of nitrogens with one attached hydrogen (secondary N) is 1. The zero-order valence-corrected chi connectivity index (χ0v) is 12.3. The van der Waals surface area contributed by atoms with Crippen LogP contribution >= 0.6 is 0 Å². The summed E-state index contributed by atoms with van der Waals surface area (Å²) in [7, 11) is 0. The standard InChI is InChI=1S/C15H26N2O3/c1-11(7-8-14(18)19)10-16-15(20)17-9-3-5-12-4-2-6-13(12)17/h11-13H,2-10H2,1H3,(H,16,20)(H,18,19). The molecule has 0 aromatic heterocycles. The number of amides is 2. The number of carbonyl (C=O) groups is 2. The van der Waals surface area contributed by atoms with E-state index in [1.54, 1.807) is 0 Å². The van der Waals surface area contributed by atoms with E-state index in [0.29, 0.717) is 24.9 Å². The minimum absolute atomic E-state index is 0.0452. The predicted molar refractivity (Wildman–Crippen MR) is 76.5 cm³/mol. The summed E-state index contributed by atoms with van der Waals surface area (Å²) in [5.74, 6) is 0.145. The van der Waals surface area contributed by atoms with Crippen LogP contribution in [-0.2, 0) is 4.79 Å². The summed E-state index contributed by atoms with van der Waals surface area (Å²) >= 11 is 0. The van der Waals surface area contributed by atoms with Crippen molar-refractivity contribution >= 4 is 12.0 Å². The van der Waals surface area contributed by atoms with E-state index in [0.717, 1.165) is 19.4 Å². The maximum Gasteiger partial charge on any atom is 0.317 e. The van der Waals surface area contributed by atoms with E-state index < -0.39 is 5.97 Å². The Bertz CT molecular complexity index is 359. The number of urea groups is 1. The first-order valence-electron chi connectivity index (χ1n) is 7.84.